The van der Waals surface area contributed by atoms with Crippen LogP contribution in [0.1, 0.15) is 29.6 Å². The third-order valence-corrected chi connectivity index (χ3v) is 4.40. The highest BCUT2D eigenvalue weighted by atomic mass is 19.1. The summed E-state index contributed by atoms with van der Waals surface area (Å²) in [5, 5.41) is 7.74. The molecule has 0 fully saturated rings. The number of nitrogens with zero attached hydrogens (tertiary/aromatic N) is 3. The van der Waals surface area contributed by atoms with Gasteiger partial charge in [0.1, 0.15) is 17.9 Å². The zero-order valence-electron chi connectivity index (χ0n) is 13.2. The summed E-state index contributed by atoms with van der Waals surface area (Å²) in [6.45, 7) is 0. The van der Waals surface area contributed by atoms with Gasteiger partial charge >= 0.3 is 0 Å². The van der Waals surface area contributed by atoms with Crippen LogP contribution < -0.4 is 10.1 Å². The van der Waals surface area contributed by atoms with Crippen molar-refractivity contribution in [3.05, 3.63) is 71.8 Å². The number of hydrogen-bond acceptors (Lipinski definition) is 4. The minimum absolute atomic E-state index is 0.00467. The van der Waals surface area contributed by atoms with Gasteiger partial charge in [-0.15, -0.1) is 0 Å². The van der Waals surface area contributed by atoms with E-state index in [1.54, 1.807) is 19.2 Å². The first-order chi connectivity index (χ1) is 11.8. The number of para-hydroxylation sites is 1. The Kier molecular flexibility index (Phi) is 3.65. The molecule has 1 N–H and O–H groups in total. The van der Waals surface area contributed by atoms with E-state index in [0.29, 0.717) is 5.95 Å². The Morgan fingerprint density at radius 3 is 2.75 bits per heavy atom. The molecular weight excluding hydrogens is 307 g/mol. The highest BCUT2D eigenvalue weighted by Crippen LogP contribution is 2.40. The Hall–Kier alpha value is -2.89. The number of aromatic nitrogens is 3. The predicted octanol–water partition coefficient (Wildman–Crippen LogP) is 3.57. The first-order valence-corrected chi connectivity index (χ1v) is 7.80. The molecule has 0 bridgehead atoms. The molecular formula is C18H17FN4O. The molecule has 0 aliphatic carbocycles. The average molecular weight is 324 g/mol. The molecule has 0 amide bonds. The summed E-state index contributed by atoms with van der Waals surface area (Å²) in [5.41, 5.74) is 2.07. The Morgan fingerprint density at radius 2 is 1.96 bits per heavy atom. The molecule has 0 spiro atoms. The van der Waals surface area contributed by atoms with E-state index >= 15 is 0 Å². The van der Waals surface area contributed by atoms with Crippen LogP contribution in [0.3, 0.4) is 0 Å². The van der Waals surface area contributed by atoms with Crippen molar-refractivity contribution in [3.8, 4) is 5.75 Å². The number of fused-ring (bicyclic) bond motifs is 1. The molecule has 0 unspecified atom stereocenters. The maximum Gasteiger partial charge on any atom is 0.222 e. The van der Waals surface area contributed by atoms with Crippen LogP contribution in [0.15, 0.2) is 54.9 Å². The molecule has 24 heavy (non-hydrogen) atoms. The molecule has 2 atom stereocenters. The summed E-state index contributed by atoms with van der Waals surface area (Å²) in [6.07, 6.45) is 2.31. The maximum absolute atomic E-state index is 13.2. The second-order valence-electron chi connectivity index (χ2n) is 5.77. The Balaban J connectivity index is 1.75. The number of methoxy groups -OCH3 is 1. The number of hydrogen-bond donors (Lipinski definition) is 1. The first kappa shape index (κ1) is 14.7. The quantitative estimate of drug-likeness (QED) is 0.800. The van der Waals surface area contributed by atoms with Crippen LogP contribution in [0.2, 0.25) is 0 Å². The summed E-state index contributed by atoms with van der Waals surface area (Å²) in [6, 6.07) is 14.5. The van der Waals surface area contributed by atoms with Crippen LogP contribution in [0.4, 0.5) is 10.3 Å². The van der Waals surface area contributed by atoms with E-state index in [9.17, 15) is 4.39 Å². The van der Waals surface area contributed by atoms with Gasteiger partial charge in [-0.25, -0.2) is 9.07 Å². The molecule has 3 aromatic rings. The molecule has 2 aromatic carbocycles. The number of nitrogens with one attached hydrogen (secondary N) is 1. The molecule has 2 heterocycles. The fourth-order valence-electron chi connectivity index (χ4n) is 3.23. The molecule has 5 nitrogen and oxygen atoms in total. The van der Waals surface area contributed by atoms with Crippen LogP contribution >= 0.6 is 0 Å². The Labute approximate surface area is 139 Å². The zero-order chi connectivity index (χ0) is 16.5. The summed E-state index contributed by atoms with van der Waals surface area (Å²) < 4.78 is 20.6. The zero-order valence-corrected chi connectivity index (χ0v) is 13.2. The van der Waals surface area contributed by atoms with E-state index in [1.807, 2.05) is 28.9 Å². The Bertz CT molecular complexity index is 846. The van der Waals surface area contributed by atoms with Gasteiger partial charge in [0.15, 0.2) is 0 Å². The molecule has 1 aliphatic rings. The standard InChI is InChI=1S/C18H17FN4O/c1-24-17-5-3-2-4-14(17)16-10-15(12-6-8-13(19)9-7-12)22-18-20-11-21-23(16)18/h2-9,11,15-16H,10H2,1H3,(H,20,21,22)/t15-,16-/m0/s1. The summed E-state index contributed by atoms with van der Waals surface area (Å²) in [5.74, 6) is 1.29. The maximum atomic E-state index is 13.2. The van der Waals surface area contributed by atoms with Gasteiger partial charge in [-0.3, -0.25) is 0 Å². The van der Waals surface area contributed by atoms with E-state index < -0.39 is 0 Å². The van der Waals surface area contributed by atoms with Gasteiger partial charge in [0.25, 0.3) is 0 Å². The number of benzene rings is 2. The monoisotopic (exact) mass is 324 g/mol. The van der Waals surface area contributed by atoms with Crippen LogP contribution in [-0.2, 0) is 0 Å². The molecule has 4 rings (SSSR count). The van der Waals surface area contributed by atoms with E-state index in [4.69, 9.17) is 4.74 Å². The second kappa shape index (κ2) is 5.96. The lowest BCUT2D eigenvalue weighted by Gasteiger charge is -2.32. The molecule has 1 aromatic heterocycles. The fourth-order valence-corrected chi connectivity index (χ4v) is 3.23. The van der Waals surface area contributed by atoms with Gasteiger partial charge in [0.2, 0.25) is 5.95 Å². The molecule has 0 saturated carbocycles. The summed E-state index contributed by atoms with van der Waals surface area (Å²) in [4.78, 5) is 4.31. The average Bonchev–Trinajstić information content (AvgIpc) is 3.10. The van der Waals surface area contributed by atoms with Crippen LogP contribution in [0.25, 0.3) is 0 Å². The molecule has 6 heteroatoms. The fraction of sp³-hybridized carbons (Fsp3) is 0.222. The lowest BCUT2D eigenvalue weighted by atomic mass is 9.93. The number of rotatable bonds is 3. The summed E-state index contributed by atoms with van der Waals surface area (Å²) in [7, 11) is 1.67. The lowest BCUT2D eigenvalue weighted by Crippen LogP contribution is -2.28. The largest absolute Gasteiger partial charge is 0.496 e. The van der Waals surface area contributed by atoms with Crippen LogP contribution in [0, 0.1) is 5.82 Å². The third-order valence-electron chi connectivity index (χ3n) is 4.40. The minimum atomic E-state index is -0.237. The van der Waals surface area contributed by atoms with E-state index in [1.165, 1.54) is 18.5 Å². The van der Waals surface area contributed by atoms with Crippen molar-refractivity contribution in [2.45, 2.75) is 18.5 Å². The molecule has 1 aliphatic heterocycles. The van der Waals surface area contributed by atoms with Gasteiger partial charge in [0, 0.05) is 5.56 Å². The van der Waals surface area contributed by atoms with Gasteiger partial charge in [-0.2, -0.15) is 10.1 Å². The van der Waals surface area contributed by atoms with E-state index in [2.05, 4.69) is 15.4 Å². The van der Waals surface area contributed by atoms with Crippen molar-refractivity contribution < 1.29 is 9.13 Å². The highest BCUT2D eigenvalue weighted by Gasteiger charge is 2.31. The van der Waals surface area contributed by atoms with Gasteiger partial charge in [-0.05, 0) is 30.2 Å². The lowest BCUT2D eigenvalue weighted by molar-refractivity contribution is 0.380. The van der Waals surface area contributed by atoms with Crippen molar-refractivity contribution in [2.24, 2.45) is 0 Å². The van der Waals surface area contributed by atoms with Crippen molar-refractivity contribution >= 4 is 5.95 Å². The third kappa shape index (κ3) is 2.50. The molecule has 122 valence electrons. The summed E-state index contributed by atoms with van der Waals surface area (Å²) >= 11 is 0. The number of ether oxygens (including phenoxy) is 1. The molecule has 0 radical (unpaired) electrons. The SMILES string of the molecule is COc1ccccc1[C@@H]1C[C@@H](c2ccc(F)cc2)Nc2ncnn21. The number of anilines is 1. The van der Waals surface area contributed by atoms with Gasteiger partial charge in [-0.1, -0.05) is 30.3 Å². The van der Waals surface area contributed by atoms with E-state index in [-0.39, 0.29) is 17.9 Å². The Morgan fingerprint density at radius 1 is 1.17 bits per heavy atom. The van der Waals surface area contributed by atoms with Crippen molar-refractivity contribution in [1.29, 1.82) is 0 Å². The predicted molar refractivity (Wildman–Crippen MR) is 88.5 cm³/mol. The minimum Gasteiger partial charge on any atom is -0.496 e. The first-order valence-electron chi connectivity index (χ1n) is 7.80. The van der Waals surface area contributed by atoms with Crippen molar-refractivity contribution in [2.75, 3.05) is 12.4 Å². The van der Waals surface area contributed by atoms with Gasteiger partial charge in [0.05, 0.1) is 19.2 Å². The molecule has 0 saturated heterocycles. The highest BCUT2D eigenvalue weighted by molar-refractivity contribution is 5.42. The number of halogens is 1. The topological polar surface area (TPSA) is 52.0 Å². The van der Waals surface area contributed by atoms with E-state index in [0.717, 1.165) is 23.3 Å². The van der Waals surface area contributed by atoms with Gasteiger partial charge < -0.3 is 10.1 Å². The van der Waals surface area contributed by atoms with Crippen LogP contribution in [-0.4, -0.2) is 21.9 Å². The van der Waals surface area contributed by atoms with Crippen molar-refractivity contribution in [3.63, 3.8) is 0 Å². The normalized spacial score (nSPS) is 19.4. The smallest absolute Gasteiger partial charge is 0.222 e. The second-order valence-corrected chi connectivity index (χ2v) is 5.77. The van der Waals surface area contributed by atoms with Crippen molar-refractivity contribution in [1.82, 2.24) is 14.8 Å². The van der Waals surface area contributed by atoms with Crippen LogP contribution in [0.5, 0.6) is 5.75 Å².